The van der Waals surface area contributed by atoms with Crippen molar-refractivity contribution in [3.63, 3.8) is 0 Å². The third-order valence-corrected chi connectivity index (χ3v) is 5.06. The van der Waals surface area contributed by atoms with E-state index in [1.165, 1.54) is 0 Å². The van der Waals surface area contributed by atoms with Crippen LogP contribution in [0.4, 0.5) is 0 Å². The second-order valence-corrected chi connectivity index (χ2v) is 6.03. The smallest absolute Gasteiger partial charge is 0.309 e. The quantitative estimate of drug-likeness (QED) is 0.527. The minimum absolute atomic E-state index is 0.0981. The van der Waals surface area contributed by atoms with E-state index < -0.39 is 6.10 Å². The van der Waals surface area contributed by atoms with Crippen LogP contribution < -0.4 is 0 Å². The fraction of sp³-hybridized carbons (Fsp3) is 0.667. The molecule has 0 spiro atoms. The number of hydrogen-bond donors (Lipinski definition) is 1. The van der Waals surface area contributed by atoms with Gasteiger partial charge in [-0.1, -0.05) is 31.2 Å². The van der Waals surface area contributed by atoms with Gasteiger partial charge in [0.15, 0.2) is 0 Å². The van der Waals surface area contributed by atoms with Gasteiger partial charge in [-0.05, 0) is 25.2 Å². The number of esters is 1. The Labute approximate surface area is 108 Å². The number of carbonyl (C=O) groups excluding carboxylic acids is 1. The fourth-order valence-corrected chi connectivity index (χ4v) is 4.07. The summed E-state index contributed by atoms with van der Waals surface area (Å²) in [6.07, 6.45) is 1.91. The predicted molar refractivity (Wildman–Crippen MR) is 67.7 cm³/mol. The Morgan fingerprint density at radius 2 is 2.06 bits per heavy atom. The zero-order valence-electron chi connectivity index (χ0n) is 10.8. The third kappa shape index (κ3) is 1.50. The standard InChI is InChI=1S/C15H20O3/c1-7-4-5-10-8(2)6-11(16)13-9(3)15(17)18-14(13)12(7)10/h9-14,16H,1-2,4-6H2,3H3/t9-,10-,11-,12-,13+,14-/m0/s1. The highest BCUT2D eigenvalue weighted by atomic mass is 16.6. The summed E-state index contributed by atoms with van der Waals surface area (Å²) in [6.45, 7) is 10.1. The maximum Gasteiger partial charge on any atom is 0.309 e. The average Bonchev–Trinajstić information content (AvgIpc) is 2.77. The van der Waals surface area contributed by atoms with Crippen LogP contribution in [0.3, 0.4) is 0 Å². The Morgan fingerprint density at radius 3 is 2.78 bits per heavy atom. The Morgan fingerprint density at radius 1 is 1.33 bits per heavy atom. The van der Waals surface area contributed by atoms with Gasteiger partial charge in [0.1, 0.15) is 6.10 Å². The highest BCUT2D eigenvalue weighted by Crippen LogP contribution is 2.52. The highest BCUT2D eigenvalue weighted by Gasteiger charge is 2.54. The molecule has 1 saturated heterocycles. The molecule has 0 amide bonds. The van der Waals surface area contributed by atoms with Crippen LogP contribution in [0.5, 0.6) is 0 Å². The van der Waals surface area contributed by atoms with Gasteiger partial charge in [0, 0.05) is 11.8 Å². The number of carbonyl (C=O) groups is 1. The van der Waals surface area contributed by atoms with Gasteiger partial charge in [-0.15, -0.1) is 0 Å². The highest BCUT2D eigenvalue weighted by molar-refractivity contribution is 5.75. The number of rotatable bonds is 0. The van der Waals surface area contributed by atoms with Crippen molar-refractivity contribution in [2.45, 2.75) is 38.4 Å². The molecule has 3 heteroatoms. The first-order valence-electron chi connectivity index (χ1n) is 6.74. The molecule has 2 aliphatic carbocycles. The lowest BCUT2D eigenvalue weighted by molar-refractivity contribution is -0.145. The second kappa shape index (κ2) is 3.95. The molecule has 0 aromatic carbocycles. The first-order chi connectivity index (χ1) is 8.50. The van der Waals surface area contributed by atoms with Crippen molar-refractivity contribution in [2.75, 3.05) is 0 Å². The summed E-state index contributed by atoms with van der Waals surface area (Å²) >= 11 is 0. The van der Waals surface area contributed by atoms with E-state index in [0.717, 1.165) is 24.0 Å². The van der Waals surface area contributed by atoms with Crippen LogP contribution in [0, 0.1) is 23.7 Å². The van der Waals surface area contributed by atoms with Crippen molar-refractivity contribution in [3.8, 4) is 0 Å². The average molecular weight is 248 g/mol. The summed E-state index contributed by atoms with van der Waals surface area (Å²) < 4.78 is 5.56. The van der Waals surface area contributed by atoms with Crippen LogP contribution in [-0.4, -0.2) is 23.3 Å². The van der Waals surface area contributed by atoms with Crippen LogP contribution >= 0.6 is 0 Å². The minimum Gasteiger partial charge on any atom is -0.461 e. The number of aliphatic hydroxyl groups is 1. The van der Waals surface area contributed by atoms with Crippen LogP contribution in [0.1, 0.15) is 26.2 Å². The SMILES string of the molecule is C=C1CC[C@H]2C(=C)C[C@H](O)[C@@H]3[C@@H](OC(=O)[C@H]3C)[C@@H]12. The van der Waals surface area contributed by atoms with Gasteiger partial charge in [-0.3, -0.25) is 4.79 Å². The molecule has 3 rings (SSSR count). The molecule has 0 bridgehead atoms. The summed E-state index contributed by atoms with van der Waals surface area (Å²) in [7, 11) is 0. The first-order valence-corrected chi connectivity index (χ1v) is 6.74. The molecule has 0 radical (unpaired) electrons. The van der Waals surface area contributed by atoms with Gasteiger partial charge in [0.05, 0.1) is 12.0 Å². The molecular formula is C15H20O3. The maximum absolute atomic E-state index is 11.8. The first kappa shape index (κ1) is 12.0. The van der Waals surface area contributed by atoms with E-state index in [9.17, 15) is 9.90 Å². The normalized spacial score (nSPS) is 47.6. The van der Waals surface area contributed by atoms with Crippen molar-refractivity contribution >= 4 is 5.97 Å². The fourth-order valence-electron chi connectivity index (χ4n) is 4.07. The van der Waals surface area contributed by atoms with Crippen LogP contribution in [0.2, 0.25) is 0 Å². The number of ether oxygens (including phenoxy) is 1. The molecule has 1 aliphatic heterocycles. The van der Waals surface area contributed by atoms with Crippen LogP contribution in [0.25, 0.3) is 0 Å². The molecule has 3 aliphatic rings. The molecule has 2 saturated carbocycles. The number of fused-ring (bicyclic) bond motifs is 3. The molecule has 1 heterocycles. The van der Waals surface area contributed by atoms with E-state index in [0.29, 0.717) is 12.3 Å². The second-order valence-electron chi connectivity index (χ2n) is 6.03. The summed E-state index contributed by atoms with van der Waals surface area (Å²) in [6, 6.07) is 0. The molecule has 3 nitrogen and oxygen atoms in total. The lowest BCUT2D eigenvalue weighted by Crippen LogP contribution is -2.35. The van der Waals surface area contributed by atoms with E-state index in [4.69, 9.17) is 4.74 Å². The molecule has 18 heavy (non-hydrogen) atoms. The largest absolute Gasteiger partial charge is 0.461 e. The van der Waals surface area contributed by atoms with Gasteiger partial charge in [0.25, 0.3) is 0 Å². The Hall–Kier alpha value is -1.09. The Kier molecular flexibility index (Phi) is 2.63. The number of aliphatic hydroxyl groups excluding tert-OH is 1. The maximum atomic E-state index is 11.8. The summed E-state index contributed by atoms with van der Waals surface area (Å²) in [5.74, 6) is 0.0212. The van der Waals surface area contributed by atoms with Gasteiger partial charge in [-0.2, -0.15) is 0 Å². The minimum atomic E-state index is -0.512. The van der Waals surface area contributed by atoms with E-state index in [1.54, 1.807) is 0 Å². The molecule has 0 aromatic heterocycles. The molecular weight excluding hydrogens is 228 g/mol. The lowest BCUT2D eigenvalue weighted by atomic mass is 9.79. The summed E-state index contributed by atoms with van der Waals surface area (Å²) in [4.78, 5) is 11.8. The monoisotopic (exact) mass is 248 g/mol. The van der Waals surface area contributed by atoms with Crippen molar-refractivity contribution in [2.24, 2.45) is 23.7 Å². The van der Waals surface area contributed by atoms with E-state index in [1.807, 2.05) is 6.92 Å². The zero-order chi connectivity index (χ0) is 13.0. The van der Waals surface area contributed by atoms with Gasteiger partial charge in [0.2, 0.25) is 0 Å². The topological polar surface area (TPSA) is 46.5 Å². The molecule has 0 unspecified atom stereocenters. The van der Waals surface area contributed by atoms with Crippen molar-refractivity contribution in [1.29, 1.82) is 0 Å². The Balaban J connectivity index is 2.02. The van der Waals surface area contributed by atoms with Crippen LogP contribution in [0.15, 0.2) is 24.3 Å². The zero-order valence-corrected chi connectivity index (χ0v) is 10.8. The predicted octanol–water partition coefficient (Wildman–Crippen LogP) is 2.07. The van der Waals surface area contributed by atoms with Gasteiger partial charge < -0.3 is 9.84 Å². The lowest BCUT2D eigenvalue weighted by Gasteiger charge is -2.27. The van der Waals surface area contributed by atoms with Gasteiger partial charge in [-0.25, -0.2) is 0 Å². The Bertz CT molecular complexity index is 425. The van der Waals surface area contributed by atoms with E-state index in [2.05, 4.69) is 13.2 Å². The molecule has 3 fully saturated rings. The van der Waals surface area contributed by atoms with E-state index >= 15 is 0 Å². The van der Waals surface area contributed by atoms with Crippen molar-refractivity contribution in [3.05, 3.63) is 24.3 Å². The number of hydrogen-bond acceptors (Lipinski definition) is 3. The third-order valence-electron chi connectivity index (χ3n) is 5.06. The van der Waals surface area contributed by atoms with Crippen LogP contribution in [-0.2, 0) is 9.53 Å². The molecule has 1 N–H and O–H groups in total. The molecule has 98 valence electrons. The summed E-state index contributed by atoms with van der Waals surface area (Å²) in [5, 5.41) is 10.3. The van der Waals surface area contributed by atoms with Gasteiger partial charge >= 0.3 is 5.97 Å². The summed E-state index contributed by atoms with van der Waals surface area (Å²) in [5.41, 5.74) is 2.26. The van der Waals surface area contributed by atoms with E-state index in [-0.39, 0.29) is 29.8 Å². The van der Waals surface area contributed by atoms with Crippen molar-refractivity contribution < 1.29 is 14.6 Å². The molecule has 0 aromatic rings. The van der Waals surface area contributed by atoms with Crippen molar-refractivity contribution in [1.82, 2.24) is 0 Å². The molecule has 6 atom stereocenters.